The average Bonchev–Trinajstić information content (AvgIpc) is 2.87. The van der Waals surface area contributed by atoms with E-state index in [1.54, 1.807) is 47.0 Å². The summed E-state index contributed by atoms with van der Waals surface area (Å²) in [4.78, 5) is 12.7. The zero-order valence-corrected chi connectivity index (χ0v) is 9.90. The molecule has 0 aliphatic heterocycles. The van der Waals surface area contributed by atoms with Crippen LogP contribution in [0.15, 0.2) is 38.7 Å². The zero-order valence-electron chi connectivity index (χ0n) is 7.45. The minimum atomic E-state index is 0.991. The van der Waals surface area contributed by atoms with Crippen molar-refractivity contribution in [3.8, 4) is 0 Å². The molecule has 0 radical (unpaired) electrons. The van der Waals surface area contributed by atoms with Crippen LogP contribution in [0, 0.1) is 0 Å². The summed E-state index contributed by atoms with van der Waals surface area (Å²) in [7, 11) is 0. The second-order valence-electron chi connectivity index (χ2n) is 2.71. The quantitative estimate of drug-likeness (QED) is 0.655. The molecule has 74 valence electrons. The van der Waals surface area contributed by atoms with E-state index in [1.165, 1.54) is 0 Å². The van der Waals surface area contributed by atoms with Crippen LogP contribution in [0.1, 0.15) is 0 Å². The third-order valence-electron chi connectivity index (χ3n) is 1.80. The van der Waals surface area contributed by atoms with Crippen molar-refractivity contribution in [1.82, 2.24) is 15.0 Å². The molecule has 0 saturated heterocycles. The van der Waals surface area contributed by atoms with Crippen molar-refractivity contribution in [1.29, 1.82) is 0 Å². The van der Waals surface area contributed by atoms with E-state index < -0.39 is 0 Å². The van der Waals surface area contributed by atoms with E-state index in [-0.39, 0.29) is 0 Å². The van der Waals surface area contributed by atoms with E-state index >= 15 is 0 Å². The maximum Gasteiger partial charge on any atom is 0.156 e. The highest BCUT2D eigenvalue weighted by atomic mass is 32.2. The van der Waals surface area contributed by atoms with Gasteiger partial charge >= 0.3 is 0 Å². The van der Waals surface area contributed by atoms with Crippen LogP contribution in [0.5, 0.6) is 0 Å². The Morgan fingerprint density at radius 2 is 2.07 bits per heavy atom. The van der Waals surface area contributed by atoms with Gasteiger partial charge in [0.2, 0.25) is 0 Å². The SMILES string of the molecule is c1csc(Sc2ncnc3ccsc23)n1. The molecular weight excluding hydrogens is 246 g/mol. The first-order valence-electron chi connectivity index (χ1n) is 4.19. The number of hydrogen-bond acceptors (Lipinski definition) is 6. The topological polar surface area (TPSA) is 38.7 Å². The number of thiophene rings is 1. The number of thiazole rings is 1. The molecule has 3 heterocycles. The lowest BCUT2D eigenvalue weighted by Crippen LogP contribution is -1.81. The summed E-state index contributed by atoms with van der Waals surface area (Å²) in [5.41, 5.74) is 1.01. The fraction of sp³-hybridized carbons (Fsp3) is 0. The molecule has 0 N–H and O–H groups in total. The van der Waals surface area contributed by atoms with E-state index in [1.807, 2.05) is 16.8 Å². The predicted molar refractivity (Wildman–Crippen MR) is 63.7 cm³/mol. The Bertz CT molecular complexity index is 573. The molecule has 0 unspecified atom stereocenters. The minimum Gasteiger partial charge on any atom is -0.238 e. The normalized spacial score (nSPS) is 10.9. The van der Waals surface area contributed by atoms with E-state index in [4.69, 9.17) is 0 Å². The molecule has 3 rings (SSSR count). The van der Waals surface area contributed by atoms with Gasteiger partial charge in [-0.2, -0.15) is 0 Å². The van der Waals surface area contributed by atoms with Crippen LogP contribution in [0.25, 0.3) is 10.2 Å². The summed E-state index contributed by atoms with van der Waals surface area (Å²) in [6.07, 6.45) is 3.41. The maximum atomic E-state index is 4.28. The van der Waals surface area contributed by atoms with Crippen molar-refractivity contribution in [2.45, 2.75) is 9.37 Å². The van der Waals surface area contributed by atoms with Crippen LogP contribution in [-0.4, -0.2) is 15.0 Å². The molecule has 0 aliphatic rings. The van der Waals surface area contributed by atoms with Crippen LogP contribution in [0.2, 0.25) is 0 Å². The third kappa shape index (κ3) is 1.75. The van der Waals surface area contributed by atoms with Crippen molar-refractivity contribution in [3.05, 3.63) is 29.4 Å². The molecule has 3 aromatic heterocycles. The lowest BCUT2D eigenvalue weighted by molar-refractivity contribution is 1.10. The van der Waals surface area contributed by atoms with Gasteiger partial charge in [-0.1, -0.05) is 0 Å². The van der Waals surface area contributed by atoms with Crippen molar-refractivity contribution in [2.75, 3.05) is 0 Å². The number of hydrogen-bond donors (Lipinski definition) is 0. The Morgan fingerprint density at radius 1 is 1.07 bits per heavy atom. The highest BCUT2D eigenvalue weighted by Gasteiger charge is 2.07. The number of rotatable bonds is 2. The van der Waals surface area contributed by atoms with Crippen molar-refractivity contribution >= 4 is 44.7 Å². The van der Waals surface area contributed by atoms with Gasteiger partial charge in [-0.05, 0) is 23.2 Å². The first-order chi connectivity index (χ1) is 7.43. The van der Waals surface area contributed by atoms with Gasteiger partial charge in [0.25, 0.3) is 0 Å². The van der Waals surface area contributed by atoms with E-state index in [0.717, 1.165) is 19.6 Å². The van der Waals surface area contributed by atoms with Gasteiger partial charge in [0, 0.05) is 11.6 Å². The molecule has 0 amide bonds. The number of nitrogens with zero attached hydrogens (tertiary/aromatic N) is 3. The van der Waals surface area contributed by atoms with Crippen LogP contribution >= 0.6 is 34.4 Å². The zero-order chi connectivity index (χ0) is 10.1. The first-order valence-corrected chi connectivity index (χ1v) is 6.76. The van der Waals surface area contributed by atoms with E-state index in [2.05, 4.69) is 15.0 Å². The van der Waals surface area contributed by atoms with Gasteiger partial charge in [0.05, 0.1) is 10.2 Å². The van der Waals surface area contributed by atoms with Crippen molar-refractivity contribution in [2.24, 2.45) is 0 Å². The van der Waals surface area contributed by atoms with Gasteiger partial charge < -0.3 is 0 Å². The Balaban J connectivity index is 2.07. The number of aromatic nitrogens is 3. The molecular formula is C9H5N3S3. The molecule has 0 fully saturated rings. The van der Waals surface area contributed by atoms with Crippen LogP contribution in [0.3, 0.4) is 0 Å². The van der Waals surface area contributed by atoms with Gasteiger partial charge in [0.1, 0.15) is 11.4 Å². The smallest absolute Gasteiger partial charge is 0.156 e. The molecule has 3 aromatic rings. The van der Waals surface area contributed by atoms with Crippen LogP contribution in [0.4, 0.5) is 0 Å². The largest absolute Gasteiger partial charge is 0.238 e. The van der Waals surface area contributed by atoms with Gasteiger partial charge in [0.15, 0.2) is 4.34 Å². The summed E-state index contributed by atoms with van der Waals surface area (Å²) in [5, 5.41) is 4.99. The molecule has 0 atom stereocenters. The predicted octanol–water partition coefficient (Wildman–Crippen LogP) is 3.30. The third-order valence-corrected chi connectivity index (χ3v) is 4.73. The maximum absolute atomic E-state index is 4.28. The van der Waals surface area contributed by atoms with Crippen LogP contribution in [-0.2, 0) is 0 Å². The summed E-state index contributed by atoms with van der Waals surface area (Å²) < 4.78 is 2.15. The highest BCUT2D eigenvalue weighted by molar-refractivity contribution is 8.01. The fourth-order valence-corrected chi connectivity index (χ4v) is 3.71. The second-order valence-corrected chi connectivity index (χ2v) is 5.76. The molecule has 0 bridgehead atoms. The molecule has 3 nitrogen and oxygen atoms in total. The average molecular weight is 251 g/mol. The van der Waals surface area contributed by atoms with Gasteiger partial charge in [-0.25, -0.2) is 15.0 Å². The Morgan fingerprint density at radius 3 is 2.93 bits per heavy atom. The lowest BCUT2D eigenvalue weighted by Gasteiger charge is -1.97. The Labute approximate surface area is 98.2 Å². The first kappa shape index (κ1) is 9.26. The summed E-state index contributed by atoms with van der Waals surface area (Å²) in [6.45, 7) is 0. The van der Waals surface area contributed by atoms with Crippen LogP contribution < -0.4 is 0 Å². The van der Waals surface area contributed by atoms with Crippen molar-refractivity contribution < 1.29 is 0 Å². The summed E-state index contributed by atoms with van der Waals surface area (Å²) >= 11 is 4.89. The number of fused-ring (bicyclic) bond motifs is 1. The standard InChI is InChI=1S/C9H5N3S3/c1-3-13-7-6(1)11-5-12-8(7)15-9-10-2-4-14-9/h1-5H. The molecule has 0 aromatic carbocycles. The fourth-order valence-electron chi connectivity index (χ4n) is 1.18. The van der Waals surface area contributed by atoms with Gasteiger partial charge in [-0.3, -0.25) is 0 Å². The van der Waals surface area contributed by atoms with E-state index in [0.29, 0.717) is 0 Å². The minimum absolute atomic E-state index is 0.991. The Hall–Kier alpha value is -0.980. The summed E-state index contributed by atoms with van der Waals surface area (Å²) in [5.74, 6) is 0. The van der Waals surface area contributed by atoms with Gasteiger partial charge in [-0.15, -0.1) is 22.7 Å². The summed E-state index contributed by atoms with van der Waals surface area (Å²) in [6, 6.07) is 2.01. The molecule has 15 heavy (non-hydrogen) atoms. The molecule has 0 saturated carbocycles. The molecule has 0 aliphatic carbocycles. The second kappa shape index (κ2) is 3.88. The monoisotopic (exact) mass is 251 g/mol. The molecule has 6 heteroatoms. The Kier molecular flexibility index (Phi) is 2.40. The van der Waals surface area contributed by atoms with E-state index in [9.17, 15) is 0 Å². The molecule has 0 spiro atoms. The highest BCUT2D eigenvalue weighted by Crippen LogP contribution is 2.34. The lowest BCUT2D eigenvalue weighted by atomic mass is 10.5. The van der Waals surface area contributed by atoms with Crippen molar-refractivity contribution in [3.63, 3.8) is 0 Å².